The molecule has 0 radical (unpaired) electrons. The van der Waals surface area contributed by atoms with Crippen LogP contribution in [0.15, 0.2) is 0 Å². The van der Waals surface area contributed by atoms with E-state index in [1.165, 1.54) is 49.6 Å². The summed E-state index contributed by atoms with van der Waals surface area (Å²) in [6, 6.07) is 0.648. The summed E-state index contributed by atoms with van der Waals surface area (Å²) < 4.78 is 2.61. The number of nitrogens with zero attached hydrogens (tertiary/aromatic N) is 3. The number of hydrogen-bond acceptors (Lipinski definition) is 3. The highest BCUT2D eigenvalue weighted by Crippen LogP contribution is 2.28. The summed E-state index contributed by atoms with van der Waals surface area (Å²) in [4.78, 5) is 7.39. The number of aromatic nitrogens is 2. The largest absolute Gasteiger partial charge is 0.327 e. The van der Waals surface area contributed by atoms with E-state index in [1.807, 2.05) is 0 Å². The number of rotatable bonds is 3. The second kappa shape index (κ2) is 5.63. The summed E-state index contributed by atoms with van der Waals surface area (Å²) in [7, 11) is 2.25. The molecule has 1 unspecified atom stereocenters. The third-order valence-electron chi connectivity index (χ3n) is 4.44. The molecule has 4 nitrogen and oxygen atoms in total. The lowest BCUT2D eigenvalue weighted by atomic mass is 10.0. The minimum Gasteiger partial charge on any atom is -0.327 e. The van der Waals surface area contributed by atoms with Crippen LogP contribution >= 0.6 is 0 Å². The third kappa shape index (κ3) is 2.56. The van der Waals surface area contributed by atoms with E-state index in [0.29, 0.717) is 6.04 Å². The van der Waals surface area contributed by atoms with E-state index in [1.54, 1.807) is 0 Å². The van der Waals surface area contributed by atoms with Crippen LogP contribution < -0.4 is 5.32 Å². The first-order valence-corrected chi connectivity index (χ1v) is 7.77. The maximum absolute atomic E-state index is 4.92. The number of aryl methyl sites for hydroxylation is 1. The molecule has 4 heteroatoms. The molecule has 3 heterocycles. The lowest BCUT2D eigenvalue weighted by Crippen LogP contribution is -2.35. The van der Waals surface area contributed by atoms with E-state index in [0.717, 1.165) is 25.9 Å². The molecule has 0 amide bonds. The molecule has 2 aliphatic rings. The Morgan fingerprint density at radius 1 is 1.42 bits per heavy atom. The highest BCUT2D eigenvalue weighted by atomic mass is 15.2. The van der Waals surface area contributed by atoms with Crippen molar-refractivity contribution >= 4 is 0 Å². The fourth-order valence-electron chi connectivity index (χ4n) is 3.57. The van der Waals surface area contributed by atoms with Gasteiger partial charge in [0.2, 0.25) is 0 Å². The van der Waals surface area contributed by atoms with Crippen molar-refractivity contribution in [1.82, 2.24) is 19.8 Å². The van der Waals surface area contributed by atoms with E-state index >= 15 is 0 Å². The van der Waals surface area contributed by atoms with Gasteiger partial charge in [0, 0.05) is 44.2 Å². The molecule has 3 rings (SSSR count). The van der Waals surface area contributed by atoms with Crippen LogP contribution in [0.2, 0.25) is 0 Å². The van der Waals surface area contributed by atoms with Gasteiger partial charge in [0.15, 0.2) is 0 Å². The second-order valence-corrected chi connectivity index (χ2v) is 6.03. The van der Waals surface area contributed by atoms with Crippen LogP contribution in [0.25, 0.3) is 0 Å². The van der Waals surface area contributed by atoms with E-state index in [4.69, 9.17) is 4.98 Å². The van der Waals surface area contributed by atoms with E-state index < -0.39 is 0 Å². The van der Waals surface area contributed by atoms with Crippen LogP contribution in [0.1, 0.15) is 49.4 Å². The Hall–Kier alpha value is -0.870. The molecule has 1 fully saturated rings. The van der Waals surface area contributed by atoms with Crippen molar-refractivity contribution in [3.05, 3.63) is 17.2 Å². The molecular weight excluding hydrogens is 236 g/mol. The summed E-state index contributed by atoms with van der Waals surface area (Å²) in [5, 5.41) is 3.45. The standard InChI is InChI=1S/C15H26N4/c1-3-5-15-17-13-10-16-8-7-14(13)19(15)12-6-4-9-18(2)11-12/h12,16H,3-11H2,1-2H3. The second-order valence-electron chi connectivity index (χ2n) is 6.03. The zero-order valence-electron chi connectivity index (χ0n) is 12.3. The molecule has 0 aromatic carbocycles. The van der Waals surface area contributed by atoms with Gasteiger partial charge in [0.05, 0.1) is 5.69 Å². The van der Waals surface area contributed by atoms with Crippen molar-refractivity contribution in [2.45, 2.75) is 51.6 Å². The zero-order chi connectivity index (χ0) is 13.2. The minimum atomic E-state index is 0.648. The van der Waals surface area contributed by atoms with Gasteiger partial charge in [-0.05, 0) is 32.9 Å². The van der Waals surface area contributed by atoms with Gasteiger partial charge >= 0.3 is 0 Å². The molecule has 2 aliphatic heterocycles. The van der Waals surface area contributed by atoms with Crippen LogP contribution in [-0.2, 0) is 19.4 Å². The van der Waals surface area contributed by atoms with Crippen molar-refractivity contribution in [3.63, 3.8) is 0 Å². The molecule has 0 bridgehead atoms. The van der Waals surface area contributed by atoms with Crippen LogP contribution in [0.4, 0.5) is 0 Å². The predicted molar refractivity (Wildman–Crippen MR) is 77.4 cm³/mol. The van der Waals surface area contributed by atoms with Gasteiger partial charge < -0.3 is 14.8 Å². The first kappa shape index (κ1) is 13.1. The first-order chi connectivity index (χ1) is 9.29. The van der Waals surface area contributed by atoms with Gasteiger partial charge in [-0.15, -0.1) is 0 Å². The normalized spacial score (nSPS) is 24.4. The molecule has 1 N–H and O–H groups in total. The number of fused-ring (bicyclic) bond motifs is 1. The fourth-order valence-corrected chi connectivity index (χ4v) is 3.57. The molecular formula is C15H26N4. The Morgan fingerprint density at radius 2 is 2.32 bits per heavy atom. The maximum Gasteiger partial charge on any atom is 0.109 e. The number of likely N-dealkylation sites (tertiary alicyclic amines) is 1. The molecule has 106 valence electrons. The topological polar surface area (TPSA) is 33.1 Å². The summed E-state index contributed by atoms with van der Waals surface area (Å²) >= 11 is 0. The maximum atomic E-state index is 4.92. The average molecular weight is 262 g/mol. The Balaban J connectivity index is 1.94. The predicted octanol–water partition coefficient (Wildman–Crippen LogP) is 1.75. The first-order valence-electron chi connectivity index (χ1n) is 7.77. The van der Waals surface area contributed by atoms with Crippen molar-refractivity contribution < 1.29 is 0 Å². The Bertz CT molecular complexity index is 438. The fraction of sp³-hybridized carbons (Fsp3) is 0.800. The smallest absolute Gasteiger partial charge is 0.109 e. The summed E-state index contributed by atoms with van der Waals surface area (Å²) in [6.07, 6.45) is 6.08. The van der Waals surface area contributed by atoms with Gasteiger partial charge in [-0.2, -0.15) is 0 Å². The molecule has 0 aliphatic carbocycles. The van der Waals surface area contributed by atoms with Crippen molar-refractivity contribution in [2.75, 3.05) is 26.7 Å². The van der Waals surface area contributed by atoms with E-state index in [9.17, 15) is 0 Å². The Kier molecular flexibility index (Phi) is 3.89. The molecule has 1 aromatic heterocycles. The quantitative estimate of drug-likeness (QED) is 0.901. The van der Waals surface area contributed by atoms with Gasteiger partial charge in [-0.3, -0.25) is 0 Å². The number of imidazole rings is 1. The summed E-state index contributed by atoms with van der Waals surface area (Å²) in [5.74, 6) is 1.33. The highest BCUT2D eigenvalue weighted by molar-refractivity contribution is 5.22. The number of hydrogen-bond donors (Lipinski definition) is 1. The summed E-state index contributed by atoms with van der Waals surface area (Å²) in [5.41, 5.74) is 2.82. The lowest BCUT2D eigenvalue weighted by molar-refractivity contribution is 0.206. The van der Waals surface area contributed by atoms with Gasteiger partial charge in [-0.25, -0.2) is 4.98 Å². The van der Waals surface area contributed by atoms with Crippen LogP contribution in [0, 0.1) is 0 Å². The third-order valence-corrected chi connectivity index (χ3v) is 4.44. The average Bonchev–Trinajstić information content (AvgIpc) is 2.77. The van der Waals surface area contributed by atoms with Crippen molar-refractivity contribution in [3.8, 4) is 0 Å². The summed E-state index contributed by atoms with van der Waals surface area (Å²) in [6.45, 7) is 6.75. The van der Waals surface area contributed by atoms with Crippen LogP contribution in [0.5, 0.6) is 0 Å². The monoisotopic (exact) mass is 262 g/mol. The lowest BCUT2D eigenvalue weighted by Gasteiger charge is -2.33. The van der Waals surface area contributed by atoms with Crippen LogP contribution in [-0.4, -0.2) is 41.1 Å². The highest BCUT2D eigenvalue weighted by Gasteiger charge is 2.26. The molecule has 1 saturated heterocycles. The molecule has 0 spiro atoms. The number of piperidine rings is 1. The SMILES string of the molecule is CCCc1nc2c(n1C1CCCN(C)C1)CCNC2. The van der Waals surface area contributed by atoms with Crippen molar-refractivity contribution in [1.29, 1.82) is 0 Å². The zero-order valence-corrected chi connectivity index (χ0v) is 12.3. The molecule has 19 heavy (non-hydrogen) atoms. The minimum absolute atomic E-state index is 0.648. The van der Waals surface area contributed by atoms with Gasteiger partial charge in [-0.1, -0.05) is 6.92 Å². The number of likely N-dealkylation sites (N-methyl/N-ethyl adjacent to an activating group) is 1. The van der Waals surface area contributed by atoms with Gasteiger partial charge in [0.25, 0.3) is 0 Å². The van der Waals surface area contributed by atoms with Crippen molar-refractivity contribution in [2.24, 2.45) is 0 Å². The number of nitrogens with one attached hydrogen (secondary N) is 1. The molecule has 0 saturated carbocycles. The Labute approximate surface area is 116 Å². The molecule has 1 atom stereocenters. The van der Waals surface area contributed by atoms with Crippen LogP contribution in [0.3, 0.4) is 0 Å². The Morgan fingerprint density at radius 3 is 3.11 bits per heavy atom. The van der Waals surface area contributed by atoms with E-state index in [-0.39, 0.29) is 0 Å². The molecule has 1 aromatic rings. The van der Waals surface area contributed by atoms with E-state index in [2.05, 4.69) is 28.8 Å². The van der Waals surface area contributed by atoms with Gasteiger partial charge in [0.1, 0.15) is 5.82 Å².